The zero-order valence-electron chi connectivity index (χ0n) is 12.6. The molecule has 0 saturated heterocycles. The summed E-state index contributed by atoms with van der Waals surface area (Å²) in [7, 11) is 0. The monoisotopic (exact) mass is 251 g/mol. The van der Waals surface area contributed by atoms with Crippen LogP contribution < -0.4 is 5.32 Å². The van der Waals surface area contributed by atoms with Crippen LogP contribution in [0.25, 0.3) is 0 Å². The molecule has 0 atom stereocenters. The predicted molar refractivity (Wildman–Crippen MR) is 77.4 cm³/mol. The molecule has 1 aromatic rings. The van der Waals surface area contributed by atoms with Crippen molar-refractivity contribution < 1.29 is 0 Å². The zero-order chi connectivity index (χ0) is 13.5. The lowest BCUT2D eigenvalue weighted by Gasteiger charge is -2.25. The average Bonchev–Trinajstić information content (AvgIpc) is 2.71. The van der Waals surface area contributed by atoms with Gasteiger partial charge in [-0.25, -0.2) is 0 Å². The first-order valence-electron chi connectivity index (χ1n) is 7.27. The van der Waals surface area contributed by atoms with E-state index in [9.17, 15) is 0 Å². The van der Waals surface area contributed by atoms with E-state index in [1.54, 1.807) is 0 Å². The van der Waals surface area contributed by atoms with E-state index in [1.807, 2.05) is 6.20 Å². The molecule has 0 aliphatic carbocycles. The molecule has 0 aliphatic heterocycles. The van der Waals surface area contributed by atoms with Crippen molar-refractivity contribution in [2.24, 2.45) is 17.8 Å². The molecule has 0 radical (unpaired) electrons. The summed E-state index contributed by atoms with van der Waals surface area (Å²) in [6, 6.07) is 2.11. The lowest BCUT2D eigenvalue weighted by molar-refractivity contribution is 0.274. The molecule has 3 heteroatoms. The van der Waals surface area contributed by atoms with Crippen LogP contribution in [-0.4, -0.2) is 16.3 Å². The number of aromatic nitrogens is 2. The molecule has 0 amide bonds. The highest BCUT2D eigenvalue weighted by molar-refractivity contribution is 5.00. The molecule has 0 aromatic carbocycles. The lowest BCUT2D eigenvalue weighted by Crippen LogP contribution is -2.30. The van der Waals surface area contributed by atoms with Crippen molar-refractivity contribution >= 4 is 0 Å². The van der Waals surface area contributed by atoms with Crippen molar-refractivity contribution in [2.75, 3.05) is 6.54 Å². The van der Waals surface area contributed by atoms with E-state index < -0.39 is 0 Å². The van der Waals surface area contributed by atoms with Crippen LogP contribution in [0.15, 0.2) is 12.3 Å². The summed E-state index contributed by atoms with van der Waals surface area (Å²) >= 11 is 0. The average molecular weight is 251 g/mol. The van der Waals surface area contributed by atoms with Gasteiger partial charge < -0.3 is 5.32 Å². The molecular weight excluding hydrogens is 222 g/mol. The van der Waals surface area contributed by atoms with Crippen LogP contribution in [0.4, 0.5) is 0 Å². The van der Waals surface area contributed by atoms with Crippen LogP contribution in [0.5, 0.6) is 0 Å². The van der Waals surface area contributed by atoms with Crippen molar-refractivity contribution in [3.05, 3.63) is 18.0 Å². The Balaban J connectivity index is 2.42. The highest BCUT2D eigenvalue weighted by atomic mass is 15.3. The largest absolute Gasteiger partial charge is 0.311 e. The van der Waals surface area contributed by atoms with Crippen molar-refractivity contribution in [1.82, 2.24) is 15.1 Å². The molecule has 0 fully saturated rings. The normalized spacial score (nSPS) is 12.0. The van der Waals surface area contributed by atoms with E-state index >= 15 is 0 Å². The molecule has 0 aliphatic rings. The van der Waals surface area contributed by atoms with Gasteiger partial charge in [0.25, 0.3) is 0 Å². The van der Waals surface area contributed by atoms with E-state index in [1.165, 1.54) is 5.69 Å². The summed E-state index contributed by atoms with van der Waals surface area (Å²) < 4.78 is 2.10. The molecule has 0 bridgehead atoms. The summed E-state index contributed by atoms with van der Waals surface area (Å²) in [5.41, 5.74) is 1.29. The first-order chi connectivity index (χ1) is 8.56. The van der Waals surface area contributed by atoms with Gasteiger partial charge >= 0.3 is 0 Å². The molecule has 1 rings (SSSR count). The van der Waals surface area contributed by atoms with Crippen molar-refractivity contribution in [1.29, 1.82) is 0 Å². The number of hydrogen-bond acceptors (Lipinski definition) is 2. The molecule has 3 nitrogen and oxygen atoms in total. The van der Waals surface area contributed by atoms with Gasteiger partial charge in [0.2, 0.25) is 0 Å². The molecule has 1 aromatic heterocycles. The van der Waals surface area contributed by atoms with Gasteiger partial charge in [-0.15, -0.1) is 0 Å². The van der Waals surface area contributed by atoms with Gasteiger partial charge in [-0.3, -0.25) is 4.68 Å². The molecular formula is C15H29N3. The Morgan fingerprint density at radius 2 is 1.89 bits per heavy atom. The summed E-state index contributed by atoms with van der Waals surface area (Å²) in [6.45, 7) is 14.5. The third kappa shape index (κ3) is 4.45. The van der Waals surface area contributed by atoms with Crippen molar-refractivity contribution in [3.63, 3.8) is 0 Å². The quantitative estimate of drug-likeness (QED) is 0.768. The Morgan fingerprint density at radius 3 is 2.44 bits per heavy atom. The highest BCUT2D eigenvalue weighted by Gasteiger charge is 2.16. The van der Waals surface area contributed by atoms with Crippen LogP contribution in [-0.2, 0) is 13.1 Å². The smallest absolute Gasteiger partial charge is 0.0522 e. The molecule has 0 spiro atoms. The first-order valence-corrected chi connectivity index (χ1v) is 7.27. The Morgan fingerprint density at radius 1 is 1.22 bits per heavy atom. The summed E-state index contributed by atoms with van der Waals surface area (Å²) in [4.78, 5) is 0. The van der Waals surface area contributed by atoms with Crippen LogP contribution >= 0.6 is 0 Å². The fraction of sp³-hybridized carbons (Fsp3) is 0.800. The lowest BCUT2D eigenvalue weighted by atomic mass is 9.85. The van der Waals surface area contributed by atoms with Gasteiger partial charge in [-0.1, -0.05) is 34.6 Å². The fourth-order valence-corrected chi connectivity index (χ4v) is 2.53. The summed E-state index contributed by atoms with van der Waals surface area (Å²) in [6.07, 6.45) is 3.03. The van der Waals surface area contributed by atoms with E-state index in [0.29, 0.717) is 0 Å². The maximum atomic E-state index is 4.35. The summed E-state index contributed by atoms with van der Waals surface area (Å²) in [5, 5.41) is 7.94. The minimum absolute atomic E-state index is 0.734. The SMILES string of the molecule is CCCn1nccc1CNCC(C(C)C)C(C)C. The maximum Gasteiger partial charge on any atom is 0.0522 e. The van der Waals surface area contributed by atoms with Crippen LogP contribution in [0.3, 0.4) is 0 Å². The van der Waals surface area contributed by atoms with Crippen LogP contribution in [0.2, 0.25) is 0 Å². The Labute approximate surface area is 112 Å². The van der Waals surface area contributed by atoms with E-state index in [2.05, 4.69) is 55.8 Å². The molecule has 1 heterocycles. The Bertz CT molecular complexity index is 320. The van der Waals surface area contributed by atoms with Crippen LogP contribution in [0, 0.1) is 17.8 Å². The van der Waals surface area contributed by atoms with Gasteiger partial charge in [0.1, 0.15) is 0 Å². The number of rotatable bonds is 8. The van der Waals surface area contributed by atoms with E-state index in [4.69, 9.17) is 0 Å². The van der Waals surface area contributed by atoms with E-state index in [0.717, 1.165) is 43.8 Å². The second-order valence-electron chi connectivity index (χ2n) is 5.83. The molecule has 18 heavy (non-hydrogen) atoms. The zero-order valence-corrected chi connectivity index (χ0v) is 12.6. The highest BCUT2D eigenvalue weighted by Crippen LogP contribution is 2.19. The number of aryl methyl sites for hydroxylation is 1. The van der Waals surface area contributed by atoms with Crippen molar-refractivity contribution in [3.8, 4) is 0 Å². The second kappa shape index (κ2) is 7.57. The van der Waals surface area contributed by atoms with E-state index in [-0.39, 0.29) is 0 Å². The maximum absolute atomic E-state index is 4.35. The standard InChI is InChI=1S/C15H29N3/c1-6-9-18-14(7-8-17-18)10-16-11-15(12(2)3)13(4)5/h7-8,12-13,15-16H,6,9-11H2,1-5H3. The molecule has 0 saturated carbocycles. The van der Waals surface area contributed by atoms with Gasteiger partial charge in [-0.05, 0) is 36.8 Å². The number of hydrogen-bond donors (Lipinski definition) is 1. The van der Waals surface area contributed by atoms with Gasteiger partial charge in [-0.2, -0.15) is 5.10 Å². The summed E-state index contributed by atoms with van der Waals surface area (Å²) in [5.74, 6) is 2.21. The molecule has 0 unspecified atom stereocenters. The number of nitrogens with zero attached hydrogens (tertiary/aromatic N) is 2. The molecule has 104 valence electrons. The topological polar surface area (TPSA) is 29.9 Å². The first kappa shape index (κ1) is 15.2. The Hall–Kier alpha value is -0.830. The fourth-order valence-electron chi connectivity index (χ4n) is 2.53. The van der Waals surface area contributed by atoms with Gasteiger partial charge in [0, 0.05) is 19.3 Å². The second-order valence-corrected chi connectivity index (χ2v) is 5.83. The predicted octanol–water partition coefficient (Wildman–Crippen LogP) is 3.31. The third-order valence-corrected chi connectivity index (χ3v) is 3.64. The van der Waals surface area contributed by atoms with Gasteiger partial charge in [0.15, 0.2) is 0 Å². The number of nitrogens with one attached hydrogen (secondary N) is 1. The molecule has 1 N–H and O–H groups in total. The Kier molecular flexibility index (Phi) is 6.41. The minimum Gasteiger partial charge on any atom is -0.311 e. The minimum atomic E-state index is 0.734. The van der Waals surface area contributed by atoms with Crippen LogP contribution in [0.1, 0.15) is 46.7 Å². The third-order valence-electron chi connectivity index (χ3n) is 3.64. The van der Waals surface area contributed by atoms with Gasteiger partial charge in [0.05, 0.1) is 5.69 Å². The van der Waals surface area contributed by atoms with Crippen molar-refractivity contribution in [2.45, 2.75) is 54.1 Å².